The van der Waals surface area contributed by atoms with Crippen molar-refractivity contribution in [2.24, 2.45) is 5.84 Å². The summed E-state index contributed by atoms with van der Waals surface area (Å²) >= 11 is 3.11. The molecule has 0 aromatic carbocycles. The number of nitrogens with one attached hydrogen (secondary N) is 1. The summed E-state index contributed by atoms with van der Waals surface area (Å²) in [4.78, 5) is 27.1. The molecule has 7 nitrogen and oxygen atoms in total. The molecule has 2 aromatic rings. The second kappa shape index (κ2) is 5.37. The first-order valence-corrected chi connectivity index (χ1v) is 6.12. The second-order valence-corrected chi connectivity index (χ2v) is 4.69. The number of nitrogen functional groups attached to an aromatic ring is 1. The fraction of sp³-hybridized carbons (Fsp3) is 0.182. The number of halogens is 1. The van der Waals surface area contributed by atoms with Gasteiger partial charge in [0.1, 0.15) is 16.0 Å². The Balaban J connectivity index is 2.32. The lowest BCUT2D eigenvalue weighted by molar-refractivity contribution is 0.0952. The highest BCUT2D eigenvalue weighted by Crippen LogP contribution is 2.15. The Morgan fingerprint density at radius 1 is 1.63 bits per heavy atom. The van der Waals surface area contributed by atoms with Crippen molar-refractivity contribution in [1.29, 1.82) is 0 Å². The van der Waals surface area contributed by atoms with Crippen LogP contribution in [0.5, 0.6) is 0 Å². The van der Waals surface area contributed by atoms with Crippen LogP contribution in [0.2, 0.25) is 0 Å². The van der Waals surface area contributed by atoms with E-state index in [9.17, 15) is 9.59 Å². The highest BCUT2D eigenvalue weighted by atomic mass is 79.9. The van der Waals surface area contributed by atoms with E-state index in [0.29, 0.717) is 21.6 Å². The van der Waals surface area contributed by atoms with Gasteiger partial charge in [-0.25, -0.2) is 10.8 Å². The minimum absolute atomic E-state index is 0.184. The van der Waals surface area contributed by atoms with Gasteiger partial charge in [0.2, 0.25) is 0 Å². The van der Waals surface area contributed by atoms with Crippen molar-refractivity contribution in [3.05, 3.63) is 50.5 Å². The Kier molecular flexibility index (Phi) is 3.82. The minimum atomic E-state index is -0.438. The number of hydrogen-bond acceptors (Lipinski definition) is 5. The van der Waals surface area contributed by atoms with Gasteiger partial charge in [0.05, 0.1) is 18.4 Å². The number of hydrazine groups is 1. The SMILES string of the molecule is Cc1oc(Cn2cncc(Br)c2=O)cc1C(=O)NN. The molecule has 2 heterocycles. The smallest absolute Gasteiger partial charge is 0.268 e. The van der Waals surface area contributed by atoms with Crippen LogP contribution in [0.15, 0.2) is 32.3 Å². The molecule has 0 saturated carbocycles. The van der Waals surface area contributed by atoms with Crippen LogP contribution in [-0.2, 0) is 6.54 Å². The molecule has 2 rings (SSSR count). The van der Waals surface area contributed by atoms with Crippen LogP contribution in [0.1, 0.15) is 21.9 Å². The van der Waals surface area contributed by atoms with Gasteiger partial charge in [-0.1, -0.05) is 0 Å². The van der Waals surface area contributed by atoms with Gasteiger partial charge in [-0.3, -0.25) is 19.6 Å². The summed E-state index contributed by atoms with van der Waals surface area (Å²) < 4.78 is 7.14. The first kappa shape index (κ1) is 13.5. The van der Waals surface area contributed by atoms with E-state index in [4.69, 9.17) is 10.3 Å². The number of aromatic nitrogens is 2. The molecule has 0 bridgehead atoms. The lowest BCUT2D eigenvalue weighted by Gasteiger charge is -2.01. The number of aryl methyl sites for hydroxylation is 1. The molecule has 0 aliphatic carbocycles. The van der Waals surface area contributed by atoms with E-state index in [1.807, 2.05) is 5.43 Å². The van der Waals surface area contributed by atoms with E-state index in [2.05, 4.69) is 20.9 Å². The number of furan rings is 1. The third-order valence-electron chi connectivity index (χ3n) is 2.53. The molecule has 0 unspecified atom stereocenters. The number of amides is 1. The van der Waals surface area contributed by atoms with E-state index in [0.717, 1.165) is 0 Å². The van der Waals surface area contributed by atoms with E-state index in [-0.39, 0.29) is 12.1 Å². The number of carbonyl (C=O) groups excluding carboxylic acids is 1. The lowest BCUT2D eigenvalue weighted by atomic mass is 10.2. The summed E-state index contributed by atoms with van der Waals surface area (Å²) in [5, 5.41) is 0. The lowest BCUT2D eigenvalue weighted by Crippen LogP contribution is -2.30. The molecule has 19 heavy (non-hydrogen) atoms. The maximum atomic E-state index is 11.8. The van der Waals surface area contributed by atoms with Crippen LogP contribution in [0.4, 0.5) is 0 Å². The van der Waals surface area contributed by atoms with Crippen molar-refractivity contribution in [3.63, 3.8) is 0 Å². The summed E-state index contributed by atoms with van der Waals surface area (Å²) in [5.41, 5.74) is 2.15. The normalized spacial score (nSPS) is 10.5. The van der Waals surface area contributed by atoms with Crippen molar-refractivity contribution in [1.82, 2.24) is 15.0 Å². The largest absolute Gasteiger partial charge is 0.464 e. The zero-order chi connectivity index (χ0) is 14.0. The number of rotatable bonds is 3. The number of nitrogens with two attached hydrogens (primary N) is 1. The molecule has 0 spiro atoms. The zero-order valence-electron chi connectivity index (χ0n) is 10.0. The first-order chi connectivity index (χ1) is 9.02. The molecule has 0 fully saturated rings. The van der Waals surface area contributed by atoms with E-state index in [1.165, 1.54) is 17.1 Å². The molecule has 0 aliphatic heterocycles. The summed E-state index contributed by atoms with van der Waals surface area (Å²) in [7, 11) is 0. The number of nitrogens with zero attached hydrogens (tertiary/aromatic N) is 2. The zero-order valence-corrected chi connectivity index (χ0v) is 11.6. The molecule has 100 valence electrons. The van der Waals surface area contributed by atoms with Gasteiger partial charge in [0.25, 0.3) is 11.5 Å². The van der Waals surface area contributed by atoms with Gasteiger partial charge >= 0.3 is 0 Å². The molecular formula is C11H11BrN4O3. The average molecular weight is 327 g/mol. The van der Waals surface area contributed by atoms with Crippen molar-refractivity contribution >= 4 is 21.8 Å². The third-order valence-corrected chi connectivity index (χ3v) is 3.07. The monoisotopic (exact) mass is 326 g/mol. The maximum Gasteiger partial charge on any atom is 0.268 e. The fourth-order valence-corrected chi connectivity index (χ4v) is 1.98. The molecule has 0 atom stereocenters. The Bertz CT molecular complexity index is 677. The molecule has 3 N–H and O–H groups in total. The Morgan fingerprint density at radius 3 is 3.05 bits per heavy atom. The second-order valence-electron chi connectivity index (χ2n) is 3.83. The Hall–Kier alpha value is -1.93. The molecule has 0 saturated heterocycles. The van der Waals surface area contributed by atoms with Crippen LogP contribution in [-0.4, -0.2) is 15.5 Å². The Labute approximate surface area is 116 Å². The van der Waals surface area contributed by atoms with Crippen molar-refractivity contribution in [3.8, 4) is 0 Å². The van der Waals surface area contributed by atoms with Gasteiger partial charge in [-0.15, -0.1) is 0 Å². The predicted molar refractivity (Wildman–Crippen MR) is 70.4 cm³/mol. The van der Waals surface area contributed by atoms with Crippen LogP contribution in [0.25, 0.3) is 0 Å². The van der Waals surface area contributed by atoms with Crippen molar-refractivity contribution in [2.45, 2.75) is 13.5 Å². The topological polar surface area (TPSA) is 103 Å². The first-order valence-electron chi connectivity index (χ1n) is 5.33. The van der Waals surface area contributed by atoms with E-state index >= 15 is 0 Å². The van der Waals surface area contributed by atoms with Gasteiger partial charge in [0.15, 0.2) is 0 Å². The van der Waals surface area contributed by atoms with E-state index < -0.39 is 5.91 Å². The maximum absolute atomic E-state index is 11.8. The summed E-state index contributed by atoms with van der Waals surface area (Å²) in [5.74, 6) is 5.54. The van der Waals surface area contributed by atoms with Crippen molar-refractivity contribution in [2.75, 3.05) is 0 Å². The van der Waals surface area contributed by atoms with Gasteiger partial charge in [-0.05, 0) is 28.9 Å². The highest BCUT2D eigenvalue weighted by molar-refractivity contribution is 9.10. The molecule has 1 amide bonds. The molecule has 0 aliphatic rings. The average Bonchev–Trinajstić information content (AvgIpc) is 2.75. The van der Waals surface area contributed by atoms with Crippen LogP contribution in [0.3, 0.4) is 0 Å². The standard InChI is InChI=1S/C11H11BrN4O3/c1-6-8(10(17)15-13)2-7(19-6)4-16-5-14-3-9(12)11(16)18/h2-3,5H,4,13H2,1H3,(H,15,17). The molecule has 2 aromatic heterocycles. The van der Waals surface area contributed by atoms with Gasteiger partial charge in [0, 0.05) is 6.20 Å². The van der Waals surface area contributed by atoms with Gasteiger partial charge in [-0.2, -0.15) is 0 Å². The minimum Gasteiger partial charge on any atom is -0.464 e. The van der Waals surface area contributed by atoms with Crippen LogP contribution in [0, 0.1) is 6.92 Å². The predicted octanol–water partition coefficient (Wildman–Crippen LogP) is 0.559. The van der Waals surface area contributed by atoms with Gasteiger partial charge < -0.3 is 4.42 Å². The quantitative estimate of drug-likeness (QED) is 0.487. The van der Waals surface area contributed by atoms with Crippen molar-refractivity contribution < 1.29 is 9.21 Å². The third kappa shape index (κ3) is 2.74. The summed E-state index contributed by atoms with van der Waals surface area (Å²) in [6, 6.07) is 1.55. The highest BCUT2D eigenvalue weighted by Gasteiger charge is 2.14. The number of carbonyl (C=O) groups is 1. The number of hydrogen-bond donors (Lipinski definition) is 2. The molecule has 8 heteroatoms. The summed E-state index contributed by atoms with van der Waals surface area (Å²) in [6.45, 7) is 1.83. The fourth-order valence-electron chi connectivity index (χ4n) is 1.63. The van der Waals surface area contributed by atoms with Crippen LogP contribution < -0.4 is 16.8 Å². The summed E-state index contributed by atoms with van der Waals surface area (Å²) in [6.07, 6.45) is 2.81. The Morgan fingerprint density at radius 2 is 2.37 bits per heavy atom. The molecule has 0 radical (unpaired) electrons. The van der Waals surface area contributed by atoms with E-state index in [1.54, 1.807) is 13.0 Å². The van der Waals surface area contributed by atoms with Crippen LogP contribution >= 0.6 is 15.9 Å². The molecular weight excluding hydrogens is 316 g/mol.